The van der Waals surface area contributed by atoms with Crippen LogP contribution in [0.3, 0.4) is 0 Å². The van der Waals surface area contributed by atoms with E-state index in [1.807, 2.05) is 146 Å². The molecule has 642 valence electrons. The normalized spacial score (nSPS) is 10.6. The lowest BCUT2D eigenvalue weighted by molar-refractivity contribution is -0.123. The van der Waals surface area contributed by atoms with Crippen LogP contribution in [0.1, 0.15) is 256 Å². The molecule has 0 spiro atoms. The topological polar surface area (TPSA) is 211 Å². The summed E-state index contributed by atoms with van der Waals surface area (Å²) < 4.78 is 24.3. The average molecular weight is 1660 g/mol. The minimum Gasteiger partial charge on any atom is -0.484 e. The van der Waals surface area contributed by atoms with Crippen molar-refractivity contribution < 1.29 is 38.1 Å². The van der Waals surface area contributed by atoms with E-state index in [4.69, 9.17) is 28.9 Å². The van der Waals surface area contributed by atoms with Gasteiger partial charge in [0.1, 0.15) is 23.0 Å². The number of rotatable bonds is 48. The van der Waals surface area contributed by atoms with Gasteiger partial charge in [0.05, 0.1) is 49.0 Å². The first-order valence-corrected chi connectivity index (χ1v) is 45.1. The van der Waals surface area contributed by atoms with Crippen LogP contribution in [0.2, 0.25) is 0 Å². The molecule has 16 heteroatoms. The SMILES string of the molecule is CCCCCCCCCC#CC#CCNC(=O)COc1ccc(-c2c3nc(c(-c4ccc(OCC(=O)NCC#CC#CCCCCCCCCC)cc4)c4ccc([nH]4)c(-c4ccc(OCC(=O)NCC#CC#CCCCCCCCCC)cc4)c4nc(c(-c5ccc(OCC(=O)NCC#CC#CCCCCCCCCC)cc5)c5ccc2[nH]5)C=C4)C=C3)cc1. The third-order valence-electron chi connectivity index (χ3n) is 20.9. The molecule has 9 rings (SSSR count). The number of ether oxygens (including phenoxy) is 4. The van der Waals surface area contributed by atoms with Crippen molar-refractivity contribution in [3.05, 3.63) is 144 Å². The van der Waals surface area contributed by atoms with E-state index >= 15 is 0 Å². The number of amides is 4. The Kier molecular flexibility index (Phi) is 43.9. The molecule has 16 nitrogen and oxygen atoms in total. The maximum atomic E-state index is 13.1. The van der Waals surface area contributed by atoms with E-state index in [9.17, 15) is 19.2 Å². The molecular weight excluding hydrogens is 1540 g/mol. The highest BCUT2D eigenvalue weighted by Crippen LogP contribution is 2.40. The fourth-order valence-corrected chi connectivity index (χ4v) is 14.1. The Bertz CT molecular complexity index is 4720. The average Bonchev–Trinajstić information content (AvgIpc) is 1.61. The molecule has 6 N–H and O–H groups in total. The summed E-state index contributed by atoms with van der Waals surface area (Å²) in [5.74, 6) is 48.1. The van der Waals surface area contributed by atoms with Gasteiger partial charge < -0.3 is 50.2 Å². The Hall–Kier alpha value is -13.0. The van der Waals surface area contributed by atoms with E-state index in [1.54, 1.807) is 0 Å². The van der Waals surface area contributed by atoms with Gasteiger partial charge in [0.15, 0.2) is 26.4 Å². The lowest BCUT2D eigenvalue weighted by Gasteiger charge is -2.10. The van der Waals surface area contributed by atoms with Crippen molar-refractivity contribution in [1.82, 2.24) is 41.2 Å². The summed E-state index contributed by atoms with van der Waals surface area (Å²) in [6, 6.07) is 38.4. The Labute approximate surface area is 737 Å². The van der Waals surface area contributed by atoms with Crippen molar-refractivity contribution in [2.24, 2.45) is 0 Å². The van der Waals surface area contributed by atoms with Crippen molar-refractivity contribution in [2.45, 2.75) is 233 Å². The van der Waals surface area contributed by atoms with Crippen LogP contribution in [0, 0.1) is 94.7 Å². The highest BCUT2D eigenvalue weighted by atomic mass is 16.5. The van der Waals surface area contributed by atoms with Crippen LogP contribution >= 0.6 is 0 Å². The van der Waals surface area contributed by atoms with Crippen LogP contribution in [0.15, 0.2) is 121 Å². The Balaban J connectivity index is 1.02. The lowest BCUT2D eigenvalue weighted by atomic mass is 10.0. The summed E-state index contributed by atoms with van der Waals surface area (Å²) >= 11 is 0. The number of hydrogen-bond acceptors (Lipinski definition) is 10. The number of aromatic amines is 2. The second kappa shape index (κ2) is 57.4. The quantitative estimate of drug-likeness (QED) is 0.0157. The van der Waals surface area contributed by atoms with E-state index < -0.39 is 0 Å². The monoisotopic (exact) mass is 1660 g/mol. The first-order chi connectivity index (χ1) is 61.1. The predicted octanol–water partition coefficient (Wildman–Crippen LogP) is 21.9. The minimum atomic E-state index is -0.316. The largest absolute Gasteiger partial charge is 0.484 e. The number of fused-ring (bicyclic) bond motifs is 8. The number of carbonyl (C=O) groups is 4. The summed E-state index contributed by atoms with van der Waals surface area (Å²) in [5.41, 5.74) is 11.8. The minimum absolute atomic E-state index is 0.147. The predicted molar refractivity (Wildman–Crippen MR) is 507 cm³/mol. The van der Waals surface area contributed by atoms with Crippen molar-refractivity contribution in [2.75, 3.05) is 52.6 Å². The third kappa shape index (κ3) is 34.9. The highest BCUT2D eigenvalue weighted by Gasteiger charge is 2.21. The Morgan fingerprint density at radius 2 is 0.452 bits per heavy atom. The van der Waals surface area contributed by atoms with Crippen LogP contribution < -0.4 is 40.2 Å². The zero-order valence-electron chi connectivity index (χ0n) is 73.3. The smallest absolute Gasteiger partial charge is 0.258 e. The molecule has 0 atom stereocenters. The van der Waals surface area contributed by atoms with Gasteiger partial charge in [-0.15, -0.1) is 0 Å². The van der Waals surface area contributed by atoms with Gasteiger partial charge in [0, 0.05) is 70.0 Å². The molecular formula is C108H122N8O8. The number of carbonyl (C=O) groups excluding carboxylic acids is 4. The molecule has 0 saturated carbocycles. The summed E-state index contributed by atoms with van der Waals surface area (Å²) in [6.45, 7) is 8.62. The van der Waals surface area contributed by atoms with Crippen LogP contribution in [-0.2, 0) is 19.2 Å². The van der Waals surface area contributed by atoms with Crippen molar-refractivity contribution in [1.29, 1.82) is 0 Å². The van der Waals surface area contributed by atoms with Crippen molar-refractivity contribution >= 4 is 70.0 Å². The molecule has 2 aliphatic rings. The molecule has 124 heavy (non-hydrogen) atoms. The molecule has 3 aromatic heterocycles. The Morgan fingerprint density at radius 3 is 0.661 bits per heavy atom. The molecule has 7 aromatic rings. The summed E-state index contributed by atoms with van der Waals surface area (Å²) in [7, 11) is 0. The van der Waals surface area contributed by atoms with E-state index in [1.165, 1.54) is 154 Å². The van der Waals surface area contributed by atoms with Gasteiger partial charge in [-0.3, -0.25) is 19.2 Å². The second-order valence-corrected chi connectivity index (χ2v) is 30.8. The number of benzene rings is 4. The van der Waals surface area contributed by atoms with Gasteiger partial charge in [-0.2, -0.15) is 0 Å². The number of unbranched alkanes of at least 4 members (excludes halogenated alkanes) is 28. The van der Waals surface area contributed by atoms with E-state index in [-0.39, 0.29) is 76.2 Å². The first kappa shape index (κ1) is 94.9. The number of aromatic nitrogens is 4. The fraction of sp³-hybridized carbons (Fsp3) is 0.407. The van der Waals surface area contributed by atoms with Crippen LogP contribution in [0.25, 0.3) is 90.9 Å². The summed E-state index contributed by atoms with van der Waals surface area (Å²) in [5, 5.41) is 11.3. The number of hydrogen-bond donors (Lipinski definition) is 6. The molecule has 0 radical (unpaired) electrons. The fourth-order valence-electron chi connectivity index (χ4n) is 14.1. The molecule has 4 amide bonds. The van der Waals surface area contributed by atoms with Crippen molar-refractivity contribution in [3.63, 3.8) is 0 Å². The number of nitrogens with one attached hydrogen (secondary N) is 6. The molecule has 4 aromatic carbocycles. The highest BCUT2D eigenvalue weighted by molar-refractivity contribution is 6.00. The molecule has 0 aliphatic carbocycles. The molecule has 0 saturated heterocycles. The third-order valence-corrected chi connectivity index (χ3v) is 20.9. The van der Waals surface area contributed by atoms with Gasteiger partial charge in [0.2, 0.25) is 0 Å². The molecule has 0 unspecified atom stereocenters. The summed E-state index contributed by atoms with van der Waals surface area (Å²) in [6.07, 6.45) is 45.6. The van der Waals surface area contributed by atoms with Gasteiger partial charge in [-0.1, -0.05) is 278 Å². The number of H-pyrrole nitrogens is 2. The first-order valence-electron chi connectivity index (χ1n) is 45.1. The zero-order chi connectivity index (χ0) is 86.9. The maximum Gasteiger partial charge on any atom is 0.258 e. The van der Waals surface area contributed by atoms with E-state index in [0.29, 0.717) is 45.8 Å². The number of nitrogens with zero attached hydrogens (tertiary/aromatic N) is 2. The molecule has 8 bridgehead atoms. The van der Waals surface area contributed by atoms with Crippen LogP contribution in [0.5, 0.6) is 23.0 Å². The van der Waals surface area contributed by atoms with Gasteiger partial charge >= 0.3 is 0 Å². The van der Waals surface area contributed by atoms with Gasteiger partial charge in [-0.05, 0) is 192 Å². The standard InChI is InChI=1S/C108H122N8O8/c1-5-9-13-17-21-25-29-33-37-41-45-49-77-109-101(117)81-121-89-61-53-85(54-62-89)105-93-69-71-95(113-93)106(86-55-63-90(64-56-86)122-82-102(118)110-78-50-46-42-38-34-30-26-22-18-14-10-6-2)97-73-75-99(115-97)108(88-59-67-92(68-60-88)124-84-104(120)112-80-52-48-44-40-36-32-28-24-20-16-12-8-4)100-76-74-98(116-100)107(96-72-70-94(105)114-96)87-57-65-91(66-58-87)123-83-103(119)111-79-51-47-43-39-35-31-27-23-19-15-11-7-3/h53-76,113,116H,5-36,77-84H2,1-4H3,(H,109,117)(H,110,118)(H,111,119)(H,112,120). The van der Waals surface area contributed by atoms with Crippen molar-refractivity contribution in [3.8, 4) is 162 Å². The lowest BCUT2D eigenvalue weighted by Crippen LogP contribution is -2.29. The molecule has 2 aliphatic heterocycles. The van der Waals surface area contributed by atoms with Gasteiger partial charge in [0.25, 0.3) is 23.6 Å². The molecule has 0 fully saturated rings. The van der Waals surface area contributed by atoms with E-state index in [2.05, 4.69) is 154 Å². The van der Waals surface area contributed by atoms with Gasteiger partial charge in [-0.25, -0.2) is 9.97 Å². The van der Waals surface area contributed by atoms with E-state index in [0.717, 1.165) is 118 Å². The summed E-state index contributed by atoms with van der Waals surface area (Å²) in [4.78, 5) is 71.0. The Morgan fingerprint density at radius 1 is 0.258 bits per heavy atom. The second-order valence-electron chi connectivity index (χ2n) is 30.8. The van der Waals surface area contributed by atoms with Crippen LogP contribution in [0.4, 0.5) is 0 Å². The maximum absolute atomic E-state index is 13.1. The zero-order valence-corrected chi connectivity index (χ0v) is 73.3. The molecule has 5 heterocycles. The van der Waals surface area contributed by atoms with Crippen LogP contribution in [-0.4, -0.2) is 96.2 Å².